The number of ketones is 4. The topological polar surface area (TPSA) is 86.7 Å². The molecule has 0 fully saturated rings. The van der Waals surface area contributed by atoms with Gasteiger partial charge in [-0.2, -0.15) is 0 Å². The number of rotatable bonds is 2. The van der Waals surface area contributed by atoms with Crippen molar-refractivity contribution in [2.75, 3.05) is 14.2 Å². The second kappa shape index (κ2) is 7.14. The van der Waals surface area contributed by atoms with Crippen LogP contribution in [0.25, 0.3) is 0 Å². The number of Topliss-reactive ketones (excluding diaryl/α,β-unsaturated/α-hetero) is 1. The fourth-order valence-corrected chi connectivity index (χ4v) is 1.54. The van der Waals surface area contributed by atoms with E-state index in [0.29, 0.717) is 5.57 Å². The van der Waals surface area contributed by atoms with Crippen LogP contribution in [0.1, 0.15) is 6.92 Å². The van der Waals surface area contributed by atoms with Crippen LogP contribution in [0.5, 0.6) is 0 Å². The van der Waals surface area contributed by atoms with Crippen LogP contribution in [0.15, 0.2) is 47.5 Å². The van der Waals surface area contributed by atoms with Crippen molar-refractivity contribution in [1.29, 1.82) is 0 Å². The van der Waals surface area contributed by atoms with Gasteiger partial charge in [0.05, 0.1) is 14.2 Å². The smallest absolute Gasteiger partial charge is 0.227 e. The summed E-state index contributed by atoms with van der Waals surface area (Å²) in [5.74, 6) is -0.935. The molecule has 6 nitrogen and oxygen atoms in total. The predicted molar refractivity (Wildman–Crippen MR) is 73.1 cm³/mol. The van der Waals surface area contributed by atoms with Crippen molar-refractivity contribution in [2.24, 2.45) is 0 Å². The summed E-state index contributed by atoms with van der Waals surface area (Å²) in [6.45, 7) is 1.56. The molecule has 0 aliphatic heterocycles. The maximum Gasteiger partial charge on any atom is 0.227 e. The molecule has 2 aliphatic carbocycles. The van der Waals surface area contributed by atoms with Crippen molar-refractivity contribution < 1.29 is 28.7 Å². The van der Waals surface area contributed by atoms with E-state index in [4.69, 9.17) is 9.47 Å². The van der Waals surface area contributed by atoms with E-state index in [1.807, 2.05) is 0 Å². The van der Waals surface area contributed by atoms with Crippen molar-refractivity contribution in [2.45, 2.75) is 6.92 Å². The van der Waals surface area contributed by atoms with Gasteiger partial charge in [0.25, 0.3) is 0 Å². The summed E-state index contributed by atoms with van der Waals surface area (Å²) in [5, 5.41) is 0. The second-order valence-electron chi connectivity index (χ2n) is 4.06. The molecule has 0 bridgehead atoms. The maximum atomic E-state index is 11.4. The van der Waals surface area contributed by atoms with Crippen LogP contribution in [0.2, 0.25) is 0 Å². The largest absolute Gasteiger partial charge is 0.490 e. The van der Waals surface area contributed by atoms with E-state index in [9.17, 15) is 19.2 Å². The molecule has 0 radical (unpaired) electrons. The van der Waals surface area contributed by atoms with E-state index >= 15 is 0 Å². The lowest BCUT2D eigenvalue weighted by Gasteiger charge is -2.14. The summed E-state index contributed by atoms with van der Waals surface area (Å²) in [4.78, 5) is 43.2. The van der Waals surface area contributed by atoms with E-state index in [1.54, 1.807) is 6.92 Å². The number of hydrogen-bond acceptors (Lipinski definition) is 6. The first-order valence-corrected chi connectivity index (χ1v) is 5.94. The quantitative estimate of drug-likeness (QED) is 0.700. The third-order valence-corrected chi connectivity index (χ3v) is 2.57. The third-order valence-electron chi connectivity index (χ3n) is 2.57. The van der Waals surface area contributed by atoms with Gasteiger partial charge in [-0.3, -0.25) is 19.2 Å². The lowest BCUT2D eigenvalue weighted by molar-refractivity contribution is -0.120. The molecule has 0 saturated heterocycles. The fraction of sp³-hybridized carbons (Fsp3) is 0.200. The highest BCUT2D eigenvalue weighted by molar-refractivity contribution is 6.20. The predicted octanol–water partition coefficient (Wildman–Crippen LogP) is 0.839. The van der Waals surface area contributed by atoms with Crippen LogP contribution in [0.4, 0.5) is 0 Å². The van der Waals surface area contributed by atoms with Crippen molar-refractivity contribution in [1.82, 2.24) is 0 Å². The lowest BCUT2D eigenvalue weighted by Crippen LogP contribution is -2.20. The summed E-state index contributed by atoms with van der Waals surface area (Å²) >= 11 is 0. The van der Waals surface area contributed by atoms with Gasteiger partial charge in [0.1, 0.15) is 0 Å². The van der Waals surface area contributed by atoms with Gasteiger partial charge < -0.3 is 9.47 Å². The first-order chi connectivity index (χ1) is 9.90. The van der Waals surface area contributed by atoms with Crippen molar-refractivity contribution in [3.8, 4) is 0 Å². The molecule has 2 aliphatic rings. The zero-order chi connectivity index (χ0) is 16.0. The number of hydrogen-bond donors (Lipinski definition) is 0. The number of carbonyl (C=O) groups is 4. The molecule has 0 aromatic heterocycles. The van der Waals surface area contributed by atoms with Gasteiger partial charge in [-0.15, -0.1) is 0 Å². The number of carbonyl (C=O) groups excluding carboxylic acids is 4. The Kier molecular flexibility index (Phi) is 5.54. The molecule has 0 amide bonds. The fourth-order valence-electron chi connectivity index (χ4n) is 1.54. The second-order valence-corrected chi connectivity index (χ2v) is 4.06. The average Bonchev–Trinajstić information content (AvgIpc) is 2.46. The van der Waals surface area contributed by atoms with Crippen LogP contribution in [0, 0.1) is 0 Å². The first-order valence-electron chi connectivity index (χ1n) is 5.94. The normalized spacial score (nSPS) is 17.4. The molecule has 0 saturated carbocycles. The number of methoxy groups -OCH3 is 2. The molecular weight excluding hydrogens is 276 g/mol. The van der Waals surface area contributed by atoms with Crippen LogP contribution >= 0.6 is 0 Å². The standard InChI is InChI=1S/C9H10O4.C6H4O2/c1-5-4-6(10)8(12-2)9(13-3)7(5)11;7-5-1-2-6(8)4-3-5/h4H,1-3H3;1-4H. The average molecular weight is 290 g/mol. The monoisotopic (exact) mass is 290 g/mol. The Morgan fingerprint density at radius 2 is 1.19 bits per heavy atom. The Morgan fingerprint density at radius 1 is 0.762 bits per heavy atom. The molecule has 0 heterocycles. The SMILES string of the molecule is COC1=C(OC)C(=O)C(C)=CC1=O.O=C1C=CC(=O)C=C1. The summed E-state index contributed by atoms with van der Waals surface area (Å²) in [6.07, 6.45) is 6.25. The molecule has 0 aromatic rings. The molecule has 0 unspecified atom stereocenters. The van der Waals surface area contributed by atoms with E-state index in [-0.39, 0.29) is 34.7 Å². The van der Waals surface area contributed by atoms with Gasteiger partial charge in [-0.05, 0) is 37.3 Å². The third kappa shape index (κ3) is 4.10. The number of ether oxygens (including phenoxy) is 2. The molecular formula is C15H14O6. The van der Waals surface area contributed by atoms with E-state index < -0.39 is 0 Å². The van der Waals surface area contributed by atoms with Crippen LogP contribution in [-0.4, -0.2) is 37.4 Å². The zero-order valence-corrected chi connectivity index (χ0v) is 11.8. The van der Waals surface area contributed by atoms with Crippen LogP contribution < -0.4 is 0 Å². The lowest BCUT2D eigenvalue weighted by atomic mass is 10.0. The van der Waals surface area contributed by atoms with Gasteiger partial charge in [0.2, 0.25) is 23.1 Å². The Hall–Kier alpha value is -2.76. The first kappa shape index (κ1) is 16.3. The van der Waals surface area contributed by atoms with E-state index in [2.05, 4.69) is 0 Å². The molecule has 21 heavy (non-hydrogen) atoms. The van der Waals surface area contributed by atoms with Crippen molar-refractivity contribution in [3.63, 3.8) is 0 Å². The van der Waals surface area contributed by atoms with Gasteiger partial charge in [-0.25, -0.2) is 0 Å². The highest BCUT2D eigenvalue weighted by atomic mass is 16.5. The highest BCUT2D eigenvalue weighted by Crippen LogP contribution is 2.19. The van der Waals surface area contributed by atoms with Gasteiger partial charge in [0, 0.05) is 5.57 Å². The zero-order valence-electron chi connectivity index (χ0n) is 11.8. The summed E-state index contributed by atoms with van der Waals surface area (Å²) in [6, 6.07) is 0. The maximum absolute atomic E-state index is 11.4. The summed E-state index contributed by atoms with van der Waals surface area (Å²) in [5.41, 5.74) is 0.364. The summed E-state index contributed by atoms with van der Waals surface area (Å²) in [7, 11) is 2.66. The Morgan fingerprint density at radius 3 is 1.57 bits per heavy atom. The van der Waals surface area contributed by atoms with Crippen LogP contribution in [-0.2, 0) is 28.7 Å². The molecule has 110 valence electrons. The van der Waals surface area contributed by atoms with Gasteiger partial charge >= 0.3 is 0 Å². The Bertz CT molecular complexity index is 578. The minimum absolute atomic E-state index is 0.0208. The van der Waals surface area contributed by atoms with Crippen molar-refractivity contribution in [3.05, 3.63) is 47.5 Å². The number of allylic oxidation sites excluding steroid dienone is 6. The van der Waals surface area contributed by atoms with Crippen molar-refractivity contribution >= 4 is 23.1 Å². The van der Waals surface area contributed by atoms with Gasteiger partial charge in [0.15, 0.2) is 11.6 Å². The molecule has 0 atom stereocenters. The molecule has 0 aromatic carbocycles. The minimum atomic E-state index is -0.337. The minimum Gasteiger partial charge on any atom is -0.490 e. The molecule has 0 N–H and O–H groups in total. The van der Waals surface area contributed by atoms with Gasteiger partial charge in [-0.1, -0.05) is 0 Å². The van der Waals surface area contributed by atoms with E-state index in [1.165, 1.54) is 44.6 Å². The molecule has 0 spiro atoms. The Balaban J connectivity index is 0.000000235. The van der Waals surface area contributed by atoms with Crippen LogP contribution in [0.3, 0.4) is 0 Å². The Labute approximate surface area is 121 Å². The highest BCUT2D eigenvalue weighted by Gasteiger charge is 2.28. The summed E-state index contributed by atoms with van der Waals surface area (Å²) < 4.78 is 9.56. The van der Waals surface area contributed by atoms with E-state index in [0.717, 1.165) is 0 Å². The molecule has 6 heteroatoms. The molecule has 2 rings (SSSR count).